The smallest absolute Gasteiger partial charge is 0.311 e. The predicted molar refractivity (Wildman–Crippen MR) is 88.4 cm³/mol. The lowest BCUT2D eigenvalue weighted by Crippen LogP contribution is -2.42. The van der Waals surface area contributed by atoms with Crippen LogP contribution in [0.5, 0.6) is 0 Å². The highest BCUT2D eigenvalue weighted by atomic mass is 16.5. The zero-order valence-electron chi connectivity index (χ0n) is 13.8. The molecule has 3 saturated carbocycles. The van der Waals surface area contributed by atoms with Crippen LogP contribution in [0.25, 0.3) is 0 Å². The fraction of sp³-hybridized carbons (Fsp3) is 0.737. The quantitative estimate of drug-likeness (QED) is 0.506. The molecule has 5 aliphatic rings. The van der Waals surface area contributed by atoms with Crippen LogP contribution in [0.3, 0.4) is 0 Å². The highest BCUT2D eigenvalue weighted by Gasteiger charge is 2.73. The largest absolute Gasteiger partial charge is 0.465 e. The number of rotatable bonds is 5. The molecule has 0 aliphatic heterocycles. The summed E-state index contributed by atoms with van der Waals surface area (Å²) >= 11 is 0. The number of carbonyl (C=O) groups excluding carboxylic acids is 1. The minimum Gasteiger partial charge on any atom is -0.465 e. The first-order valence-corrected chi connectivity index (χ1v) is 9.25. The lowest BCUT2D eigenvalue weighted by atomic mass is 9.69. The topological polar surface area (TPSA) is 98.6 Å². The van der Waals surface area contributed by atoms with Crippen molar-refractivity contribution in [2.75, 3.05) is 13.2 Å². The van der Waals surface area contributed by atoms with Crippen LogP contribution in [-0.4, -0.2) is 36.4 Å². The number of carbonyl (C=O) groups is 1. The number of ether oxygens (including phenoxy) is 1. The van der Waals surface area contributed by atoms with Gasteiger partial charge in [0, 0.05) is 42.4 Å². The third-order valence-corrected chi connectivity index (χ3v) is 7.57. The van der Waals surface area contributed by atoms with Crippen LogP contribution >= 0.6 is 0 Å². The number of hydrogen-bond acceptors (Lipinski definition) is 5. The van der Waals surface area contributed by atoms with Gasteiger partial charge in [-0.3, -0.25) is 4.79 Å². The zero-order chi connectivity index (χ0) is 16.6. The molecule has 0 saturated heterocycles. The Morgan fingerprint density at radius 1 is 1.29 bits per heavy atom. The maximum absolute atomic E-state index is 12.4. The van der Waals surface area contributed by atoms with Crippen LogP contribution in [0.2, 0.25) is 0 Å². The van der Waals surface area contributed by atoms with Gasteiger partial charge in [-0.1, -0.05) is 23.8 Å². The van der Waals surface area contributed by atoms with E-state index in [0.29, 0.717) is 24.4 Å². The molecule has 0 amide bonds. The van der Waals surface area contributed by atoms with Crippen molar-refractivity contribution in [1.29, 1.82) is 0 Å². The standard InChI is InChI=1S/C19H26N2O3/c20-16-10-2-1-9(5-10)14(16)18(23)24-4-3-11-6-19-7-13(19)12(8-22)17(21)15(11)19/h1-2,6,9-10,12-17,22H,3-5,7-8,20-21H2. The molecule has 24 heavy (non-hydrogen) atoms. The molecule has 5 heteroatoms. The summed E-state index contributed by atoms with van der Waals surface area (Å²) in [5, 5.41) is 9.54. The molecule has 9 unspecified atom stereocenters. The summed E-state index contributed by atoms with van der Waals surface area (Å²) in [6.07, 6.45) is 9.54. The van der Waals surface area contributed by atoms with E-state index in [1.165, 1.54) is 12.0 Å². The van der Waals surface area contributed by atoms with Crippen molar-refractivity contribution in [3.63, 3.8) is 0 Å². The molecule has 9 atom stereocenters. The van der Waals surface area contributed by atoms with Crippen LogP contribution in [0, 0.1) is 40.9 Å². The number of fused-ring (bicyclic) bond motifs is 2. The average Bonchev–Trinajstić information content (AvgIpc) is 2.86. The van der Waals surface area contributed by atoms with E-state index < -0.39 is 0 Å². The van der Waals surface area contributed by atoms with Gasteiger partial charge in [-0.15, -0.1) is 0 Å². The average molecular weight is 330 g/mol. The molecule has 2 bridgehead atoms. The minimum absolute atomic E-state index is 0.0635. The molecule has 0 aromatic carbocycles. The van der Waals surface area contributed by atoms with Crippen molar-refractivity contribution < 1.29 is 14.6 Å². The van der Waals surface area contributed by atoms with Crippen LogP contribution in [0.15, 0.2) is 23.8 Å². The van der Waals surface area contributed by atoms with Crippen LogP contribution in [-0.2, 0) is 9.53 Å². The number of allylic oxidation sites excluding steroid dienone is 2. The van der Waals surface area contributed by atoms with Gasteiger partial charge in [0.2, 0.25) is 0 Å². The van der Waals surface area contributed by atoms with Gasteiger partial charge in [0.25, 0.3) is 0 Å². The summed E-state index contributed by atoms with van der Waals surface area (Å²) in [6, 6.07) is -0.0203. The first-order valence-electron chi connectivity index (χ1n) is 9.25. The van der Waals surface area contributed by atoms with Gasteiger partial charge in [-0.2, -0.15) is 0 Å². The first-order chi connectivity index (χ1) is 11.6. The monoisotopic (exact) mass is 330 g/mol. The summed E-state index contributed by atoms with van der Waals surface area (Å²) in [4.78, 5) is 12.4. The van der Waals surface area contributed by atoms with Crippen molar-refractivity contribution in [3.05, 3.63) is 23.8 Å². The second-order valence-electron chi connectivity index (χ2n) is 8.51. The van der Waals surface area contributed by atoms with Crippen molar-refractivity contribution in [2.45, 2.75) is 31.3 Å². The lowest BCUT2D eigenvalue weighted by Gasteiger charge is -2.38. The van der Waals surface area contributed by atoms with Crippen molar-refractivity contribution in [2.24, 2.45) is 52.4 Å². The van der Waals surface area contributed by atoms with Crippen LogP contribution in [0.4, 0.5) is 0 Å². The summed E-state index contributed by atoms with van der Waals surface area (Å²) in [6.45, 7) is 0.610. The second-order valence-corrected chi connectivity index (χ2v) is 8.51. The SMILES string of the molecule is NC1C2C=CC(C2)C1C(=O)OCCC1=CC23CC2C(CO)C(N)C13. The van der Waals surface area contributed by atoms with E-state index in [4.69, 9.17) is 16.2 Å². The Morgan fingerprint density at radius 2 is 2.08 bits per heavy atom. The third kappa shape index (κ3) is 1.78. The Hall–Kier alpha value is -1.17. The third-order valence-electron chi connectivity index (χ3n) is 7.57. The number of aliphatic hydroxyl groups is 1. The van der Waals surface area contributed by atoms with Gasteiger partial charge >= 0.3 is 5.97 Å². The molecule has 130 valence electrons. The van der Waals surface area contributed by atoms with E-state index in [9.17, 15) is 9.90 Å². The van der Waals surface area contributed by atoms with Gasteiger partial charge in [0.1, 0.15) is 0 Å². The fourth-order valence-electron chi connectivity index (χ4n) is 6.32. The predicted octanol–water partition coefficient (Wildman–Crippen LogP) is 0.581. The van der Waals surface area contributed by atoms with E-state index in [1.54, 1.807) is 0 Å². The number of esters is 1. The van der Waals surface area contributed by atoms with Crippen molar-refractivity contribution in [3.8, 4) is 0 Å². The molecule has 0 radical (unpaired) electrons. The Labute approximate surface area is 142 Å². The molecule has 5 rings (SSSR count). The molecule has 5 nitrogen and oxygen atoms in total. The first kappa shape index (κ1) is 15.1. The maximum Gasteiger partial charge on any atom is 0.311 e. The Balaban J connectivity index is 1.16. The number of hydrogen-bond donors (Lipinski definition) is 3. The van der Waals surface area contributed by atoms with E-state index >= 15 is 0 Å². The molecular weight excluding hydrogens is 304 g/mol. The number of aliphatic hydroxyl groups excluding tert-OH is 1. The van der Waals surface area contributed by atoms with E-state index in [1.807, 2.05) is 0 Å². The van der Waals surface area contributed by atoms with E-state index in [-0.39, 0.29) is 47.8 Å². The van der Waals surface area contributed by atoms with E-state index in [2.05, 4.69) is 18.2 Å². The summed E-state index contributed by atoms with van der Waals surface area (Å²) < 4.78 is 5.55. The van der Waals surface area contributed by atoms with Crippen LogP contribution in [0.1, 0.15) is 19.3 Å². The van der Waals surface area contributed by atoms with Gasteiger partial charge < -0.3 is 21.3 Å². The Bertz CT molecular complexity index is 645. The van der Waals surface area contributed by atoms with Gasteiger partial charge in [-0.25, -0.2) is 0 Å². The second kappa shape index (κ2) is 4.93. The van der Waals surface area contributed by atoms with Gasteiger partial charge in [0.15, 0.2) is 0 Å². The summed E-state index contributed by atoms with van der Waals surface area (Å²) in [7, 11) is 0. The highest BCUT2D eigenvalue weighted by molar-refractivity contribution is 5.75. The van der Waals surface area contributed by atoms with Crippen LogP contribution < -0.4 is 11.5 Å². The zero-order valence-corrected chi connectivity index (χ0v) is 13.8. The Kier molecular flexibility index (Phi) is 3.10. The molecule has 0 heterocycles. The molecule has 0 aromatic heterocycles. The number of nitrogens with two attached hydrogens (primary N) is 2. The molecular formula is C19H26N2O3. The minimum atomic E-state index is -0.165. The van der Waals surface area contributed by atoms with Crippen molar-refractivity contribution >= 4 is 5.97 Å². The fourth-order valence-corrected chi connectivity index (χ4v) is 6.32. The highest BCUT2D eigenvalue weighted by Crippen LogP contribution is 2.76. The Morgan fingerprint density at radius 3 is 2.79 bits per heavy atom. The van der Waals surface area contributed by atoms with Gasteiger partial charge in [0.05, 0.1) is 12.5 Å². The van der Waals surface area contributed by atoms with Gasteiger partial charge in [-0.05, 0) is 30.6 Å². The molecule has 5 N–H and O–H groups in total. The molecule has 5 aliphatic carbocycles. The van der Waals surface area contributed by atoms with E-state index in [0.717, 1.165) is 12.8 Å². The maximum atomic E-state index is 12.4. The summed E-state index contributed by atoms with van der Waals surface area (Å²) in [5.74, 6) is 1.53. The molecule has 3 fully saturated rings. The normalized spacial score (nSPS) is 52.5. The molecule has 1 spiro atoms. The lowest BCUT2D eigenvalue weighted by molar-refractivity contribution is -0.149. The molecule has 0 aromatic rings. The summed E-state index contributed by atoms with van der Waals surface area (Å²) in [5.41, 5.74) is 14.1. The van der Waals surface area contributed by atoms with Crippen molar-refractivity contribution in [1.82, 2.24) is 0 Å².